The van der Waals surface area contributed by atoms with Crippen LogP contribution in [0.3, 0.4) is 0 Å². The minimum Gasteiger partial charge on any atom is -0.327 e. The predicted molar refractivity (Wildman–Crippen MR) is 70.7 cm³/mol. The van der Waals surface area contributed by atoms with E-state index >= 15 is 0 Å². The number of fused-ring (bicyclic) bond motifs is 1. The molecule has 0 fully saturated rings. The highest BCUT2D eigenvalue weighted by Gasteiger charge is 2.25. The molecule has 2 aromatic rings. The second kappa shape index (κ2) is 4.41. The van der Waals surface area contributed by atoms with Crippen molar-refractivity contribution in [1.82, 2.24) is 9.55 Å². The molecule has 2 heterocycles. The summed E-state index contributed by atoms with van der Waals surface area (Å²) in [5.74, 6) is 1.35. The molecular weight excluding hydrogens is 224 g/mol. The molecule has 3 heteroatoms. The van der Waals surface area contributed by atoms with Crippen LogP contribution in [0.25, 0.3) is 11.4 Å². The molecule has 1 unspecified atom stereocenters. The molecule has 0 saturated heterocycles. The van der Waals surface area contributed by atoms with Crippen LogP contribution in [0, 0.1) is 0 Å². The highest BCUT2D eigenvalue weighted by Crippen LogP contribution is 2.33. The van der Waals surface area contributed by atoms with Gasteiger partial charge in [-0.1, -0.05) is 37.3 Å². The first-order chi connectivity index (χ1) is 8.81. The second-order valence-electron chi connectivity index (χ2n) is 4.88. The third-order valence-electron chi connectivity index (χ3n) is 3.66. The molecule has 18 heavy (non-hydrogen) atoms. The molecule has 3 nitrogen and oxygen atoms in total. The maximum atomic E-state index is 11.2. The summed E-state index contributed by atoms with van der Waals surface area (Å²) in [6.07, 6.45) is 3.18. The molecule has 1 aliphatic rings. The third kappa shape index (κ3) is 1.67. The predicted octanol–water partition coefficient (Wildman–Crippen LogP) is 3.26. The van der Waals surface area contributed by atoms with Gasteiger partial charge in [0.25, 0.3) is 0 Å². The molecule has 0 radical (unpaired) electrons. The lowest BCUT2D eigenvalue weighted by atomic mass is 9.96. The number of imidazole rings is 1. The molecule has 1 aromatic heterocycles. The van der Waals surface area contributed by atoms with Gasteiger partial charge < -0.3 is 4.57 Å². The Morgan fingerprint density at radius 1 is 1.33 bits per heavy atom. The number of hydrogen-bond donors (Lipinski definition) is 0. The molecule has 0 saturated carbocycles. The Bertz CT molecular complexity index is 572. The monoisotopic (exact) mass is 240 g/mol. The minimum atomic E-state index is 0.420. The van der Waals surface area contributed by atoms with Crippen molar-refractivity contribution in [3.8, 4) is 11.4 Å². The lowest BCUT2D eigenvalue weighted by molar-refractivity contribution is 0.111. The average molecular weight is 240 g/mol. The van der Waals surface area contributed by atoms with Crippen molar-refractivity contribution in [2.75, 3.05) is 0 Å². The third-order valence-corrected chi connectivity index (χ3v) is 3.66. The van der Waals surface area contributed by atoms with E-state index in [4.69, 9.17) is 0 Å². The number of hydrogen-bond acceptors (Lipinski definition) is 2. The van der Waals surface area contributed by atoms with E-state index in [1.807, 2.05) is 30.3 Å². The Balaban J connectivity index is 2.20. The van der Waals surface area contributed by atoms with Gasteiger partial charge in [0.05, 0.1) is 5.69 Å². The maximum Gasteiger partial charge on any atom is 0.170 e. The van der Waals surface area contributed by atoms with Gasteiger partial charge in [0.15, 0.2) is 6.29 Å². The van der Waals surface area contributed by atoms with Gasteiger partial charge in [-0.2, -0.15) is 0 Å². The van der Waals surface area contributed by atoms with Crippen LogP contribution in [0.15, 0.2) is 30.3 Å². The second-order valence-corrected chi connectivity index (χ2v) is 4.88. The van der Waals surface area contributed by atoms with E-state index in [0.717, 1.165) is 42.8 Å². The fraction of sp³-hybridized carbons (Fsp3) is 0.333. The van der Waals surface area contributed by atoms with E-state index in [-0.39, 0.29) is 0 Å². The average Bonchev–Trinajstić information content (AvgIpc) is 2.80. The molecule has 1 aromatic carbocycles. The number of carbonyl (C=O) groups excluding carboxylic acids is 1. The Kier molecular flexibility index (Phi) is 2.74. The van der Waals surface area contributed by atoms with Crippen molar-refractivity contribution < 1.29 is 4.79 Å². The molecule has 0 amide bonds. The van der Waals surface area contributed by atoms with Gasteiger partial charge in [-0.25, -0.2) is 4.98 Å². The van der Waals surface area contributed by atoms with E-state index in [2.05, 4.69) is 16.5 Å². The van der Waals surface area contributed by atoms with Crippen LogP contribution < -0.4 is 0 Å². The molecule has 3 rings (SSSR count). The number of benzene rings is 1. The van der Waals surface area contributed by atoms with Gasteiger partial charge in [0.1, 0.15) is 11.5 Å². The zero-order valence-electron chi connectivity index (χ0n) is 10.5. The van der Waals surface area contributed by atoms with Crippen LogP contribution >= 0.6 is 0 Å². The number of nitrogens with zero attached hydrogens (tertiary/aromatic N) is 2. The van der Waals surface area contributed by atoms with Crippen molar-refractivity contribution >= 4 is 6.29 Å². The van der Waals surface area contributed by atoms with E-state index in [1.165, 1.54) is 0 Å². The summed E-state index contributed by atoms with van der Waals surface area (Å²) in [7, 11) is 0. The quantitative estimate of drug-likeness (QED) is 0.755. The lowest BCUT2D eigenvalue weighted by Crippen LogP contribution is -2.15. The van der Waals surface area contributed by atoms with Gasteiger partial charge in [0.2, 0.25) is 0 Å². The standard InChI is InChI=1S/C15H16N2O/c1-11-6-5-9-17-14(11)13(10-18)16-15(17)12-7-3-2-4-8-12/h2-4,7-8,10-11H,5-6,9H2,1H3. The smallest absolute Gasteiger partial charge is 0.170 e. The van der Waals surface area contributed by atoms with Gasteiger partial charge >= 0.3 is 0 Å². The summed E-state index contributed by atoms with van der Waals surface area (Å²) in [5, 5.41) is 0. The van der Waals surface area contributed by atoms with Crippen molar-refractivity contribution in [1.29, 1.82) is 0 Å². The Morgan fingerprint density at radius 2 is 2.11 bits per heavy atom. The molecular formula is C15H16N2O. The van der Waals surface area contributed by atoms with Gasteiger partial charge in [-0.05, 0) is 18.8 Å². The highest BCUT2D eigenvalue weighted by atomic mass is 16.1. The fourth-order valence-electron chi connectivity index (χ4n) is 2.82. The lowest BCUT2D eigenvalue weighted by Gasteiger charge is -2.22. The number of aldehydes is 1. The summed E-state index contributed by atoms with van der Waals surface area (Å²) in [6, 6.07) is 10.1. The fourth-order valence-corrected chi connectivity index (χ4v) is 2.82. The molecule has 1 aliphatic heterocycles. The SMILES string of the molecule is CC1CCCn2c(-c3ccccc3)nc(C=O)c21. The number of carbonyl (C=O) groups is 1. The van der Waals surface area contributed by atoms with E-state index in [0.29, 0.717) is 11.6 Å². The minimum absolute atomic E-state index is 0.420. The summed E-state index contributed by atoms with van der Waals surface area (Å²) in [4.78, 5) is 15.7. The van der Waals surface area contributed by atoms with Crippen LogP contribution in [-0.2, 0) is 6.54 Å². The van der Waals surface area contributed by atoms with E-state index < -0.39 is 0 Å². The molecule has 0 spiro atoms. The Labute approximate surface area is 106 Å². The molecule has 0 N–H and O–H groups in total. The summed E-state index contributed by atoms with van der Waals surface area (Å²) in [6.45, 7) is 3.14. The maximum absolute atomic E-state index is 11.2. The highest BCUT2D eigenvalue weighted by molar-refractivity contribution is 5.76. The Hall–Kier alpha value is -1.90. The van der Waals surface area contributed by atoms with Crippen LogP contribution in [0.1, 0.15) is 41.9 Å². The summed E-state index contributed by atoms with van der Waals surface area (Å²) in [5.41, 5.74) is 2.80. The summed E-state index contributed by atoms with van der Waals surface area (Å²) >= 11 is 0. The van der Waals surface area contributed by atoms with Gasteiger partial charge in [-0.3, -0.25) is 4.79 Å². The van der Waals surface area contributed by atoms with Crippen molar-refractivity contribution in [2.24, 2.45) is 0 Å². The molecule has 0 aliphatic carbocycles. The van der Waals surface area contributed by atoms with Gasteiger partial charge in [0, 0.05) is 12.1 Å². The zero-order valence-corrected chi connectivity index (χ0v) is 10.5. The van der Waals surface area contributed by atoms with Crippen molar-refractivity contribution in [3.05, 3.63) is 41.7 Å². The summed E-state index contributed by atoms with van der Waals surface area (Å²) < 4.78 is 2.22. The molecule has 0 bridgehead atoms. The van der Waals surface area contributed by atoms with Crippen LogP contribution in [0.5, 0.6) is 0 Å². The van der Waals surface area contributed by atoms with Gasteiger partial charge in [-0.15, -0.1) is 0 Å². The normalized spacial score (nSPS) is 18.4. The zero-order chi connectivity index (χ0) is 12.5. The van der Waals surface area contributed by atoms with E-state index in [9.17, 15) is 4.79 Å². The van der Waals surface area contributed by atoms with E-state index in [1.54, 1.807) is 0 Å². The van der Waals surface area contributed by atoms with Crippen molar-refractivity contribution in [2.45, 2.75) is 32.2 Å². The first-order valence-corrected chi connectivity index (χ1v) is 6.42. The number of aromatic nitrogens is 2. The number of rotatable bonds is 2. The molecule has 1 atom stereocenters. The first-order valence-electron chi connectivity index (χ1n) is 6.42. The van der Waals surface area contributed by atoms with Crippen LogP contribution in [-0.4, -0.2) is 15.8 Å². The van der Waals surface area contributed by atoms with Crippen LogP contribution in [0.4, 0.5) is 0 Å². The van der Waals surface area contributed by atoms with Crippen LogP contribution in [0.2, 0.25) is 0 Å². The first kappa shape index (κ1) is 11.2. The van der Waals surface area contributed by atoms with Crippen molar-refractivity contribution in [3.63, 3.8) is 0 Å². The molecule has 92 valence electrons. The largest absolute Gasteiger partial charge is 0.327 e. The Morgan fingerprint density at radius 3 is 2.83 bits per heavy atom. The topological polar surface area (TPSA) is 34.9 Å².